The van der Waals surface area contributed by atoms with Crippen molar-refractivity contribution < 1.29 is 0 Å². The molecule has 0 bridgehead atoms. The average molecular weight is 260 g/mol. The third-order valence-corrected chi connectivity index (χ3v) is 3.97. The first-order chi connectivity index (χ1) is 9.10. The topological polar surface area (TPSA) is 29.3 Å². The lowest BCUT2D eigenvalue weighted by atomic mass is 9.99. The van der Waals surface area contributed by atoms with Crippen LogP contribution in [0.2, 0.25) is 0 Å². The molecule has 2 nitrogen and oxygen atoms in total. The van der Waals surface area contributed by atoms with Crippen molar-refractivity contribution in [2.24, 2.45) is 5.73 Å². The Labute approximate surface area is 118 Å². The van der Waals surface area contributed by atoms with Gasteiger partial charge in [0.2, 0.25) is 0 Å². The summed E-state index contributed by atoms with van der Waals surface area (Å²) in [6.45, 7) is 8.93. The molecule has 0 radical (unpaired) electrons. The van der Waals surface area contributed by atoms with Crippen LogP contribution in [0.4, 0.5) is 0 Å². The fourth-order valence-electron chi connectivity index (χ4n) is 2.90. The van der Waals surface area contributed by atoms with E-state index in [0.717, 1.165) is 19.0 Å². The van der Waals surface area contributed by atoms with Gasteiger partial charge in [-0.1, -0.05) is 36.2 Å². The molecule has 1 saturated carbocycles. The third kappa shape index (κ3) is 4.32. The van der Waals surface area contributed by atoms with E-state index in [2.05, 4.69) is 43.9 Å². The van der Waals surface area contributed by atoms with Gasteiger partial charge in [0.05, 0.1) is 0 Å². The van der Waals surface area contributed by atoms with Gasteiger partial charge in [0.1, 0.15) is 0 Å². The summed E-state index contributed by atoms with van der Waals surface area (Å²) in [5.41, 5.74) is 10.3. The number of nitrogens with two attached hydrogens (primary N) is 1. The summed E-state index contributed by atoms with van der Waals surface area (Å²) < 4.78 is 0. The minimum absolute atomic E-state index is 0.178. The van der Waals surface area contributed by atoms with Gasteiger partial charge in [-0.05, 0) is 51.6 Å². The lowest BCUT2D eigenvalue weighted by Gasteiger charge is -2.23. The molecule has 0 aliphatic heterocycles. The number of benzene rings is 1. The summed E-state index contributed by atoms with van der Waals surface area (Å²) in [5.74, 6) is 0. The number of rotatable bonds is 7. The maximum atomic E-state index is 6.37. The summed E-state index contributed by atoms with van der Waals surface area (Å²) in [6.07, 6.45) is 5.09. The lowest BCUT2D eigenvalue weighted by molar-refractivity contribution is 0.253. The molecule has 106 valence electrons. The normalized spacial score (nSPS) is 16.9. The lowest BCUT2D eigenvalue weighted by Crippen LogP contribution is -2.30. The molecule has 1 aromatic rings. The number of aryl methyl sites for hydroxylation is 2. The van der Waals surface area contributed by atoms with E-state index in [0.29, 0.717) is 0 Å². The van der Waals surface area contributed by atoms with Crippen molar-refractivity contribution in [1.82, 2.24) is 4.90 Å². The zero-order valence-corrected chi connectivity index (χ0v) is 12.7. The van der Waals surface area contributed by atoms with Crippen LogP contribution in [0.25, 0.3) is 0 Å². The van der Waals surface area contributed by atoms with Gasteiger partial charge in [-0.3, -0.25) is 0 Å². The molecule has 1 aromatic carbocycles. The van der Waals surface area contributed by atoms with Crippen molar-refractivity contribution in [2.45, 2.75) is 58.5 Å². The molecule has 2 heteroatoms. The Morgan fingerprint density at radius 3 is 2.32 bits per heavy atom. The van der Waals surface area contributed by atoms with Gasteiger partial charge in [-0.2, -0.15) is 0 Å². The zero-order chi connectivity index (χ0) is 13.8. The first-order valence-corrected chi connectivity index (χ1v) is 7.68. The van der Waals surface area contributed by atoms with E-state index in [1.807, 2.05) is 0 Å². The van der Waals surface area contributed by atoms with Crippen LogP contribution < -0.4 is 5.73 Å². The molecule has 0 saturated heterocycles. The SMILES string of the molecule is CCCN(CCC(N)c1cc(C)cc(C)c1)C1CC1. The van der Waals surface area contributed by atoms with Crippen LogP contribution >= 0.6 is 0 Å². The van der Waals surface area contributed by atoms with E-state index in [-0.39, 0.29) is 6.04 Å². The molecule has 1 aliphatic rings. The number of nitrogens with zero attached hydrogens (tertiary/aromatic N) is 1. The highest BCUT2D eigenvalue weighted by atomic mass is 15.2. The second-order valence-electron chi connectivity index (χ2n) is 6.08. The van der Waals surface area contributed by atoms with E-state index in [1.165, 1.54) is 42.5 Å². The molecular formula is C17H28N2. The quantitative estimate of drug-likeness (QED) is 0.812. The van der Waals surface area contributed by atoms with Crippen molar-refractivity contribution in [3.05, 3.63) is 34.9 Å². The van der Waals surface area contributed by atoms with E-state index in [9.17, 15) is 0 Å². The van der Waals surface area contributed by atoms with Crippen LogP contribution in [-0.2, 0) is 0 Å². The minimum atomic E-state index is 0.178. The third-order valence-electron chi connectivity index (χ3n) is 3.97. The molecular weight excluding hydrogens is 232 g/mol. The second kappa shape index (κ2) is 6.53. The van der Waals surface area contributed by atoms with Gasteiger partial charge in [0.25, 0.3) is 0 Å². The maximum Gasteiger partial charge on any atom is 0.0307 e. The molecule has 2 N–H and O–H groups in total. The fourth-order valence-corrected chi connectivity index (χ4v) is 2.90. The van der Waals surface area contributed by atoms with Gasteiger partial charge in [-0.25, -0.2) is 0 Å². The smallest absolute Gasteiger partial charge is 0.0307 e. The van der Waals surface area contributed by atoms with E-state index < -0.39 is 0 Å². The van der Waals surface area contributed by atoms with Crippen LogP contribution in [0, 0.1) is 13.8 Å². The monoisotopic (exact) mass is 260 g/mol. The number of hydrogen-bond acceptors (Lipinski definition) is 2. The molecule has 19 heavy (non-hydrogen) atoms. The van der Waals surface area contributed by atoms with Crippen molar-refractivity contribution in [3.8, 4) is 0 Å². The van der Waals surface area contributed by atoms with E-state index in [1.54, 1.807) is 0 Å². The Kier molecular flexibility index (Phi) is 5.00. The summed E-state index contributed by atoms with van der Waals surface area (Å²) in [4.78, 5) is 2.63. The van der Waals surface area contributed by atoms with E-state index in [4.69, 9.17) is 5.73 Å². The Balaban J connectivity index is 1.90. The molecule has 0 heterocycles. The second-order valence-corrected chi connectivity index (χ2v) is 6.08. The van der Waals surface area contributed by atoms with Crippen LogP contribution in [0.3, 0.4) is 0 Å². The molecule has 1 aliphatic carbocycles. The maximum absolute atomic E-state index is 6.37. The van der Waals surface area contributed by atoms with E-state index >= 15 is 0 Å². The Morgan fingerprint density at radius 2 is 1.79 bits per heavy atom. The van der Waals surface area contributed by atoms with Crippen LogP contribution in [0.5, 0.6) is 0 Å². The standard InChI is InChI=1S/C17H28N2/c1-4-8-19(16-5-6-16)9-7-17(18)15-11-13(2)10-14(3)12-15/h10-12,16-17H,4-9,18H2,1-3H3. The fraction of sp³-hybridized carbons (Fsp3) is 0.647. The molecule has 1 atom stereocenters. The highest BCUT2D eigenvalue weighted by Crippen LogP contribution is 2.28. The summed E-state index contributed by atoms with van der Waals surface area (Å²) in [6, 6.07) is 7.71. The highest BCUT2D eigenvalue weighted by Gasteiger charge is 2.28. The molecule has 1 unspecified atom stereocenters. The highest BCUT2D eigenvalue weighted by molar-refractivity contribution is 5.30. The summed E-state index contributed by atoms with van der Waals surface area (Å²) in [7, 11) is 0. The molecule has 0 spiro atoms. The predicted octanol–water partition coefficient (Wildman–Crippen LogP) is 3.57. The van der Waals surface area contributed by atoms with Gasteiger partial charge >= 0.3 is 0 Å². The first kappa shape index (κ1) is 14.5. The van der Waals surface area contributed by atoms with Gasteiger partial charge in [-0.15, -0.1) is 0 Å². The predicted molar refractivity (Wildman–Crippen MR) is 82.3 cm³/mol. The molecule has 0 aromatic heterocycles. The molecule has 1 fully saturated rings. The molecule has 2 rings (SSSR count). The first-order valence-electron chi connectivity index (χ1n) is 7.68. The average Bonchev–Trinajstić information content (AvgIpc) is 3.17. The van der Waals surface area contributed by atoms with Gasteiger partial charge in [0.15, 0.2) is 0 Å². The van der Waals surface area contributed by atoms with Gasteiger partial charge in [0, 0.05) is 18.6 Å². The van der Waals surface area contributed by atoms with Crippen molar-refractivity contribution >= 4 is 0 Å². The molecule has 0 amide bonds. The summed E-state index contributed by atoms with van der Waals surface area (Å²) >= 11 is 0. The van der Waals surface area contributed by atoms with Crippen molar-refractivity contribution in [1.29, 1.82) is 0 Å². The van der Waals surface area contributed by atoms with Crippen LogP contribution in [0.1, 0.15) is 55.3 Å². The number of hydrogen-bond donors (Lipinski definition) is 1. The van der Waals surface area contributed by atoms with Crippen LogP contribution in [0.15, 0.2) is 18.2 Å². The zero-order valence-electron chi connectivity index (χ0n) is 12.7. The van der Waals surface area contributed by atoms with Gasteiger partial charge < -0.3 is 10.6 Å². The Hall–Kier alpha value is -0.860. The van der Waals surface area contributed by atoms with Crippen LogP contribution in [-0.4, -0.2) is 24.0 Å². The van der Waals surface area contributed by atoms with Crippen molar-refractivity contribution in [2.75, 3.05) is 13.1 Å². The Bertz CT molecular complexity index is 389. The summed E-state index contributed by atoms with van der Waals surface area (Å²) in [5, 5.41) is 0. The largest absolute Gasteiger partial charge is 0.324 e. The van der Waals surface area contributed by atoms with Crippen molar-refractivity contribution in [3.63, 3.8) is 0 Å². The minimum Gasteiger partial charge on any atom is -0.324 e. The Morgan fingerprint density at radius 1 is 1.16 bits per heavy atom.